The third kappa shape index (κ3) is 1.43. The molecule has 1 heterocycles. The molecular weight excluding hydrogens is 266 g/mol. The van der Waals surface area contributed by atoms with E-state index in [1.165, 1.54) is 43.4 Å². The minimum Gasteiger partial charge on any atom is -0.344 e. The first-order chi connectivity index (χ1) is 10.8. The standard InChI is InChI=1S/C21H15N/c1-22-20-9-5-4-8-17(20)19-12-15-11-10-14-6-2-3-7-16(14)18(15)13-21(19)22/h2-13H,1H3. The van der Waals surface area contributed by atoms with Crippen molar-refractivity contribution in [3.63, 3.8) is 0 Å². The number of rotatable bonds is 0. The number of benzene rings is 4. The number of hydrogen-bond acceptors (Lipinski definition) is 0. The normalized spacial score (nSPS) is 11.9. The zero-order valence-corrected chi connectivity index (χ0v) is 12.4. The van der Waals surface area contributed by atoms with Crippen LogP contribution >= 0.6 is 0 Å². The third-order valence-electron chi connectivity index (χ3n) is 4.78. The lowest BCUT2D eigenvalue weighted by atomic mass is 10.00. The summed E-state index contributed by atoms with van der Waals surface area (Å²) in [5.41, 5.74) is 2.59. The van der Waals surface area contributed by atoms with Crippen molar-refractivity contribution in [3.8, 4) is 0 Å². The van der Waals surface area contributed by atoms with Crippen LogP contribution in [0.25, 0.3) is 43.4 Å². The first-order valence-corrected chi connectivity index (χ1v) is 7.61. The molecule has 0 spiro atoms. The second kappa shape index (κ2) is 4.11. The van der Waals surface area contributed by atoms with Crippen molar-refractivity contribution in [1.29, 1.82) is 0 Å². The summed E-state index contributed by atoms with van der Waals surface area (Å²) in [6, 6.07) is 26.4. The van der Waals surface area contributed by atoms with Gasteiger partial charge in [0.15, 0.2) is 0 Å². The molecule has 0 saturated heterocycles. The highest BCUT2D eigenvalue weighted by atomic mass is 14.9. The topological polar surface area (TPSA) is 4.93 Å². The van der Waals surface area contributed by atoms with E-state index >= 15 is 0 Å². The first-order valence-electron chi connectivity index (χ1n) is 7.61. The van der Waals surface area contributed by atoms with E-state index in [1.807, 2.05) is 0 Å². The third-order valence-corrected chi connectivity index (χ3v) is 4.78. The number of aryl methyl sites for hydroxylation is 1. The SMILES string of the molecule is Cn1c2ccccc2c2cc3ccc4ccccc4c3cc21. The summed E-state index contributed by atoms with van der Waals surface area (Å²) in [7, 11) is 2.15. The van der Waals surface area contributed by atoms with Gasteiger partial charge in [0.1, 0.15) is 0 Å². The Hall–Kier alpha value is -2.80. The second-order valence-corrected chi connectivity index (χ2v) is 5.95. The van der Waals surface area contributed by atoms with Crippen molar-refractivity contribution < 1.29 is 0 Å². The molecule has 0 unspecified atom stereocenters. The van der Waals surface area contributed by atoms with Crippen molar-refractivity contribution in [1.82, 2.24) is 4.57 Å². The number of hydrogen-bond donors (Lipinski definition) is 0. The molecule has 4 aromatic carbocycles. The Bertz CT molecular complexity index is 1180. The monoisotopic (exact) mass is 281 g/mol. The predicted octanol–water partition coefficient (Wildman–Crippen LogP) is 5.64. The van der Waals surface area contributed by atoms with Gasteiger partial charge in [-0.1, -0.05) is 54.6 Å². The summed E-state index contributed by atoms with van der Waals surface area (Å²) >= 11 is 0. The number of nitrogens with zero attached hydrogens (tertiary/aromatic N) is 1. The van der Waals surface area contributed by atoms with E-state index in [0.717, 1.165) is 0 Å². The summed E-state index contributed by atoms with van der Waals surface area (Å²) in [4.78, 5) is 0. The molecule has 1 heteroatoms. The fraction of sp³-hybridized carbons (Fsp3) is 0.0476. The van der Waals surface area contributed by atoms with E-state index in [-0.39, 0.29) is 0 Å². The van der Waals surface area contributed by atoms with Crippen LogP contribution in [0.5, 0.6) is 0 Å². The second-order valence-electron chi connectivity index (χ2n) is 5.95. The van der Waals surface area contributed by atoms with Gasteiger partial charge in [-0.05, 0) is 39.7 Å². The Morgan fingerprint density at radius 2 is 1.27 bits per heavy atom. The van der Waals surface area contributed by atoms with Gasteiger partial charge in [-0.25, -0.2) is 0 Å². The lowest BCUT2D eigenvalue weighted by Crippen LogP contribution is -1.86. The van der Waals surface area contributed by atoms with Crippen LogP contribution in [0, 0.1) is 0 Å². The van der Waals surface area contributed by atoms with Gasteiger partial charge in [0.05, 0.1) is 0 Å². The van der Waals surface area contributed by atoms with Crippen molar-refractivity contribution in [2.75, 3.05) is 0 Å². The molecule has 5 aromatic rings. The molecule has 0 radical (unpaired) electrons. The van der Waals surface area contributed by atoms with E-state index in [1.54, 1.807) is 0 Å². The van der Waals surface area contributed by atoms with Gasteiger partial charge in [-0.2, -0.15) is 0 Å². The summed E-state index contributed by atoms with van der Waals surface area (Å²) in [6.45, 7) is 0. The molecule has 1 aromatic heterocycles. The Balaban J connectivity index is 2.07. The molecular formula is C21H15N. The van der Waals surface area contributed by atoms with Crippen molar-refractivity contribution >= 4 is 43.4 Å². The number of para-hydroxylation sites is 1. The maximum atomic E-state index is 2.34. The van der Waals surface area contributed by atoms with Gasteiger partial charge in [0, 0.05) is 28.9 Å². The summed E-state index contributed by atoms with van der Waals surface area (Å²) < 4.78 is 2.30. The molecule has 5 rings (SSSR count). The molecule has 0 aliphatic carbocycles. The molecule has 0 saturated carbocycles. The molecule has 22 heavy (non-hydrogen) atoms. The van der Waals surface area contributed by atoms with Crippen LogP contribution in [0.3, 0.4) is 0 Å². The van der Waals surface area contributed by atoms with Crippen LogP contribution in [0.2, 0.25) is 0 Å². The average Bonchev–Trinajstić information content (AvgIpc) is 2.86. The lowest BCUT2D eigenvalue weighted by Gasteiger charge is -2.05. The largest absolute Gasteiger partial charge is 0.344 e. The van der Waals surface area contributed by atoms with Gasteiger partial charge in [0.25, 0.3) is 0 Å². The van der Waals surface area contributed by atoms with E-state index in [4.69, 9.17) is 0 Å². The average molecular weight is 281 g/mol. The maximum Gasteiger partial charge on any atom is 0.0495 e. The van der Waals surface area contributed by atoms with Gasteiger partial charge in [0.2, 0.25) is 0 Å². The fourth-order valence-corrected chi connectivity index (χ4v) is 3.66. The Kier molecular flexibility index (Phi) is 2.21. The van der Waals surface area contributed by atoms with E-state index < -0.39 is 0 Å². The quantitative estimate of drug-likeness (QED) is 0.324. The zero-order chi connectivity index (χ0) is 14.7. The molecule has 0 amide bonds. The van der Waals surface area contributed by atoms with Gasteiger partial charge in [-0.3, -0.25) is 0 Å². The van der Waals surface area contributed by atoms with Gasteiger partial charge in [-0.15, -0.1) is 0 Å². The highest BCUT2D eigenvalue weighted by molar-refractivity contribution is 6.17. The Morgan fingerprint density at radius 3 is 2.18 bits per heavy atom. The van der Waals surface area contributed by atoms with Crippen LogP contribution in [-0.2, 0) is 7.05 Å². The van der Waals surface area contributed by atoms with E-state index in [9.17, 15) is 0 Å². The predicted molar refractivity (Wildman–Crippen MR) is 95.4 cm³/mol. The van der Waals surface area contributed by atoms with Crippen molar-refractivity contribution in [2.45, 2.75) is 0 Å². The lowest BCUT2D eigenvalue weighted by molar-refractivity contribution is 1.02. The molecule has 0 aliphatic rings. The van der Waals surface area contributed by atoms with Crippen LogP contribution in [-0.4, -0.2) is 4.57 Å². The molecule has 0 atom stereocenters. The number of aromatic nitrogens is 1. The van der Waals surface area contributed by atoms with Crippen molar-refractivity contribution in [2.24, 2.45) is 7.05 Å². The first kappa shape index (κ1) is 11.8. The van der Waals surface area contributed by atoms with Crippen molar-refractivity contribution in [3.05, 3.63) is 72.8 Å². The van der Waals surface area contributed by atoms with Gasteiger partial charge < -0.3 is 4.57 Å². The van der Waals surface area contributed by atoms with Crippen LogP contribution < -0.4 is 0 Å². The fourth-order valence-electron chi connectivity index (χ4n) is 3.66. The van der Waals surface area contributed by atoms with Gasteiger partial charge >= 0.3 is 0 Å². The molecule has 1 nitrogen and oxygen atoms in total. The maximum absolute atomic E-state index is 2.34. The highest BCUT2D eigenvalue weighted by Gasteiger charge is 2.10. The molecule has 0 N–H and O–H groups in total. The van der Waals surface area contributed by atoms with Crippen LogP contribution in [0.4, 0.5) is 0 Å². The summed E-state index contributed by atoms with van der Waals surface area (Å²) in [5.74, 6) is 0. The summed E-state index contributed by atoms with van der Waals surface area (Å²) in [6.07, 6.45) is 0. The Morgan fingerprint density at radius 1 is 0.545 bits per heavy atom. The molecule has 0 aliphatic heterocycles. The Labute approximate surface area is 128 Å². The zero-order valence-electron chi connectivity index (χ0n) is 12.4. The van der Waals surface area contributed by atoms with Crippen LogP contribution in [0.1, 0.15) is 0 Å². The highest BCUT2D eigenvalue weighted by Crippen LogP contribution is 2.34. The molecule has 104 valence electrons. The smallest absolute Gasteiger partial charge is 0.0495 e. The van der Waals surface area contributed by atoms with E-state index in [0.29, 0.717) is 0 Å². The minimum absolute atomic E-state index is 1.29. The van der Waals surface area contributed by atoms with E-state index in [2.05, 4.69) is 84.4 Å². The minimum atomic E-state index is 1.29. The number of fused-ring (bicyclic) bond motifs is 6. The molecule has 0 fully saturated rings. The molecule has 0 bridgehead atoms. The van der Waals surface area contributed by atoms with Crippen LogP contribution in [0.15, 0.2) is 72.8 Å². The summed E-state index contributed by atoms with van der Waals surface area (Å²) in [5, 5.41) is 7.93.